The molecule has 35 heavy (non-hydrogen) atoms. The van der Waals surface area contributed by atoms with Crippen LogP contribution >= 0.6 is 0 Å². The van der Waals surface area contributed by atoms with Gasteiger partial charge in [0.05, 0.1) is 32.0 Å². The zero-order valence-electron chi connectivity index (χ0n) is 23.5. The van der Waals surface area contributed by atoms with Crippen LogP contribution < -0.4 is 0 Å². The fourth-order valence-electron chi connectivity index (χ4n) is 7.60. The topological polar surface area (TPSA) is 68.2 Å². The highest BCUT2D eigenvalue weighted by atomic mass is 28.4. The van der Waals surface area contributed by atoms with Crippen LogP contribution in [-0.4, -0.2) is 56.3 Å². The van der Waals surface area contributed by atoms with Gasteiger partial charge in [-0.3, -0.25) is 0 Å². The number of hydrogen-bond acceptors (Lipinski definition) is 5. The first-order valence-corrected chi connectivity index (χ1v) is 16.5. The predicted octanol–water partition coefficient (Wildman–Crippen LogP) is 6.22. The molecule has 1 saturated heterocycles. The third kappa shape index (κ3) is 5.53. The van der Waals surface area contributed by atoms with E-state index in [-0.39, 0.29) is 30.1 Å². The number of allylic oxidation sites excluding steroid dienone is 2. The maximum absolute atomic E-state index is 10.3. The smallest absolute Gasteiger partial charge is 0.193 e. The van der Waals surface area contributed by atoms with E-state index >= 15 is 0 Å². The summed E-state index contributed by atoms with van der Waals surface area (Å²) in [5.74, 6) is 0.318. The molecule has 3 rings (SSSR count). The summed E-state index contributed by atoms with van der Waals surface area (Å²) in [6.45, 7) is 20.5. The molecule has 5 nitrogen and oxygen atoms in total. The van der Waals surface area contributed by atoms with Gasteiger partial charge >= 0.3 is 0 Å². The Kier molecular flexibility index (Phi) is 9.20. The highest BCUT2D eigenvalue weighted by Crippen LogP contribution is 2.63. The number of aliphatic hydroxyl groups is 2. The Labute approximate surface area is 215 Å². The molecule has 0 radical (unpaired) electrons. The van der Waals surface area contributed by atoms with Gasteiger partial charge in [0.1, 0.15) is 0 Å². The van der Waals surface area contributed by atoms with E-state index in [0.29, 0.717) is 11.8 Å². The number of ether oxygens (including phenoxy) is 2. The van der Waals surface area contributed by atoms with E-state index in [4.69, 9.17) is 13.9 Å². The van der Waals surface area contributed by atoms with Crippen molar-refractivity contribution in [2.24, 2.45) is 22.7 Å². The third-order valence-electron chi connectivity index (χ3n) is 10.2. The molecular weight excluding hydrogens is 456 g/mol. The maximum atomic E-state index is 10.3. The maximum Gasteiger partial charge on any atom is 0.193 e. The average Bonchev–Trinajstić information content (AvgIpc) is 2.83. The van der Waals surface area contributed by atoms with E-state index in [1.807, 2.05) is 13.8 Å². The lowest BCUT2D eigenvalue weighted by atomic mass is 9.46. The van der Waals surface area contributed by atoms with Gasteiger partial charge in [-0.1, -0.05) is 52.8 Å². The Bertz CT molecular complexity index is 767. The summed E-state index contributed by atoms with van der Waals surface area (Å²) in [5, 5.41) is 20.5. The molecule has 0 aromatic heterocycles. The van der Waals surface area contributed by atoms with Crippen LogP contribution in [0.1, 0.15) is 80.6 Å². The molecule has 3 fully saturated rings. The van der Waals surface area contributed by atoms with Gasteiger partial charge < -0.3 is 24.1 Å². The Hall–Kier alpha value is -0.503. The lowest BCUT2D eigenvalue weighted by Gasteiger charge is -2.63. The van der Waals surface area contributed by atoms with Gasteiger partial charge in [0.15, 0.2) is 14.1 Å². The number of rotatable bonds is 10. The quantitative estimate of drug-likeness (QED) is 0.271. The van der Waals surface area contributed by atoms with E-state index < -0.39 is 20.2 Å². The normalized spacial score (nSPS) is 36.4. The summed E-state index contributed by atoms with van der Waals surface area (Å²) in [4.78, 5) is 0. The molecule has 0 aromatic rings. The van der Waals surface area contributed by atoms with Gasteiger partial charge in [0.25, 0.3) is 0 Å². The third-order valence-corrected chi connectivity index (χ3v) is 14.8. The number of fused-ring (bicyclic) bond motifs is 3. The summed E-state index contributed by atoms with van der Waals surface area (Å²) < 4.78 is 19.2. The molecule has 6 atom stereocenters. The molecule has 0 unspecified atom stereocenters. The predicted molar refractivity (Wildman–Crippen MR) is 145 cm³/mol. The van der Waals surface area contributed by atoms with Crippen molar-refractivity contribution >= 4 is 8.32 Å². The first-order chi connectivity index (χ1) is 16.4. The van der Waals surface area contributed by atoms with E-state index in [9.17, 15) is 10.2 Å². The molecule has 1 heterocycles. The van der Waals surface area contributed by atoms with E-state index in [1.165, 1.54) is 5.57 Å². The van der Waals surface area contributed by atoms with Crippen LogP contribution in [0.2, 0.25) is 18.1 Å². The highest BCUT2D eigenvalue weighted by molar-refractivity contribution is 6.73. The molecule has 6 heteroatoms. The molecule has 0 aromatic carbocycles. The Morgan fingerprint density at radius 2 is 1.77 bits per heavy atom. The molecular formula is C29H52O5Si. The standard InChI is InChI=1S/C29H52O5Si/c1-9-35(10-2,11-3)34-24(19-31)22(18-30)13-14-23-21(4)12-15-25-28(23,7)17-16-26-29(25,8)20-32-27(5,6)33-26/h13,23-26,30-31H,4,9-12,14-20H2,1-3,5-8H3/b22-13-/t23-,24-,25+,26-,28+,29+/m1/s1. The van der Waals surface area contributed by atoms with Crippen LogP contribution in [0.4, 0.5) is 0 Å². The van der Waals surface area contributed by atoms with Gasteiger partial charge in [-0.15, -0.1) is 0 Å². The molecule has 0 spiro atoms. The van der Waals surface area contributed by atoms with Crippen molar-refractivity contribution in [3.05, 3.63) is 23.8 Å². The molecule has 1 aliphatic heterocycles. The van der Waals surface area contributed by atoms with Gasteiger partial charge in [-0.05, 0) is 86.9 Å². The van der Waals surface area contributed by atoms with E-state index in [2.05, 4.69) is 47.3 Å². The van der Waals surface area contributed by atoms with Crippen molar-refractivity contribution in [3.63, 3.8) is 0 Å². The minimum atomic E-state index is -1.90. The average molecular weight is 509 g/mol. The van der Waals surface area contributed by atoms with Crippen molar-refractivity contribution < 1.29 is 24.1 Å². The molecule has 2 aliphatic carbocycles. The first kappa shape index (κ1) is 29.1. The van der Waals surface area contributed by atoms with E-state index in [0.717, 1.165) is 62.4 Å². The minimum absolute atomic E-state index is 0.00365. The molecule has 0 amide bonds. The van der Waals surface area contributed by atoms with Crippen LogP contribution in [0.3, 0.4) is 0 Å². The van der Waals surface area contributed by atoms with Gasteiger partial charge in [-0.2, -0.15) is 0 Å². The van der Waals surface area contributed by atoms with Gasteiger partial charge in [0.2, 0.25) is 0 Å². The second kappa shape index (κ2) is 11.1. The van der Waals surface area contributed by atoms with Crippen molar-refractivity contribution in [2.45, 2.75) is 117 Å². The summed E-state index contributed by atoms with van der Waals surface area (Å²) >= 11 is 0. The summed E-state index contributed by atoms with van der Waals surface area (Å²) in [6, 6.07) is 3.07. The largest absolute Gasteiger partial charge is 0.408 e. The lowest BCUT2D eigenvalue weighted by Crippen LogP contribution is -2.62. The number of hydrogen-bond donors (Lipinski definition) is 2. The van der Waals surface area contributed by atoms with E-state index in [1.54, 1.807) is 0 Å². The lowest BCUT2D eigenvalue weighted by molar-refractivity contribution is -0.344. The second-order valence-corrected chi connectivity index (χ2v) is 17.1. The SMILES string of the molecule is C=C1CC[C@@H]2[C@]3(C)COC(C)(C)O[C@@H]3CC[C@@]2(C)[C@@H]1C/C=C(/CO)[C@@H](CO)O[Si](CC)(CC)CC. The Morgan fingerprint density at radius 3 is 2.34 bits per heavy atom. The molecule has 3 aliphatic rings. The Morgan fingerprint density at radius 1 is 1.11 bits per heavy atom. The molecule has 202 valence electrons. The monoisotopic (exact) mass is 508 g/mol. The highest BCUT2D eigenvalue weighted by Gasteiger charge is 2.60. The molecule has 2 saturated carbocycles. The van der Waals surface area contributed by atoms with Crippen molar-refractivity contribution in [3.8, 4) is 0 Å². The number of aliphatic hydroxyl groups excluding tert-OH is 2. The molecule has 2 N–H and O–H groups in total. The minimum Gasteiger partial charge on any atom is -0.408 e. The fraction of sp³-hybridized carbons (Fsp3) is 0.862. The van der Waals surface area contributed by atoms with Crippen LogP contribution in [0.25, 0.3) is 0 Å². The molecule has 0 bridgehead atoms. The van der Waals surface area contributed by atoms with Gasteiger partial charge in [-0.25, -0.2) is 0 Å². The first-order valence-electron chi connectivity index (χ1n) is 14.0. The summed E-state index contributed by atoms with van der Waals surface area (Å²) in [7, 11) is -1.90. The van der Waals surface area contributed by atoms with Gasteiger partial charge in [0, 0.05) is 5.41 Å². The van der Waals surface area contributed by atoms with Crippen molar-refractivity contribution in [1.82, 2.24) is 0 Å². The van der Waals surface area contributed by atoms with Crippen LogP contribution in [0.5, 0.6) is 0 Å². The van der Waals surface area contributed by atoms with Crippen molar-refractivity contribution in [1.29, 1.82) is 0 Å². The second-order valence-electron chi connectivity index (χ2n) is 12.4. The zero-order valence-corrected chi connectivity index (χ0v) is 24.5. The zero-order chi connectivity index (χ0) is 26.1. The van der Waals surface area contributed by atoms with Crippen LogP contribution in [-0.2, 0) is 13.9 Å². The van der Waals surface area contributed by atoms with Crippen LogP contribution in [0, 0.1) is 22.7 Å². The van der Waals surface area contributed by atoms with Crippen molar-refractivity contribution in [2.75, 3.05) is 19.8 Å². The summed E-state index contributed by atoms with van der Waals surface area (Å²) in [5.41, 5.74) is 2.24. The summed E-state index contributed by atoms with van der Waals surface area (Å²) in [6.07, 6.45) is 7.10. The van der Waals surface area contributed by atoms with Crippen LogP contribution in [0.15, 0.2) is 23.8 Å². The fourth-order valence-corrected chi connectivity index (χ4v) is 10.4. The Balaban J connectivity index is 1.84.